The summed E-state index contributed by atoms with van der Waals surface area (Å²) < 4.78 is 14.8. The monoisotopic (exact) mass is 592 g/mol. The van der Waals surface area contributed by atoms with Crippen molar-refractivity contribution in [1.29, 1.82) is 0 Å². The lowest BCUT2D eigenvalue weighted by Crippen LogP contribution is -2.43. The number of likely N-dealkylation sites (tertiary alicyclic amines) is 1. The van der Waals surface area contributed by atoms with Gasteiger partial charge in [0, 0.05) is 50.6 Å². The summed E-state index contributed by atoms with van der Waals surface area (Å²) in [5.74, 6) is -0.379. The van der Waals surface area contributed by atoms with E-state index in [0.717, 1.165) is 52.6 Å². The molecule has 42 heavy (non-hydrogen) atoms. The number of carbonyl (C=O) groups excluding carboxylic acids is 2. The third-order valence-corrected chi connectivity index (χ3v) is 9.10. The maximum atomic E-state index is 13.4. The molecule has 2 saturated heterocycles. The van der Waals surface area contributed by atoms with E-state index >= 15 is 0 Å². The number of nitrogens with one attached hydrogen (secondary N) is 2. The fraction of sp³-hybridized carbons (Fsp3) is 0.483. The van der Waals surface area contributed by atoms with Crippen LogP contribution in [-0.2, 0) is 20.8 Å². The first-order valence-corrected chi connectivity index (χ1v) is 15.1. The lowest BCUT2D eigenvalue weighted by Gasteiger charge is -2.31. The van der Waals surface area contributed by atoms with Crippen molar-refractivity contribution in [2.75, 3.05) is 44.0 Å². The van der Waals surface area contributed by atoms with Gasteiger partial charge in [0.25, 0.3) is 5.91 Å². The van der Waals surface area contributed by atoms with Gasteiger partial charge in [0.05, 0.1) is 71.0 Å². The number of amides is 2. The summed E-state index contributed by atoms with van der Waals surface area (Å²) in [5.41, 5.74) is 5.17. The first-order valence-electron chi connectivity index (χ1n) is 14.2. The molecule has 2 N–H and O–H groups in total. The number of rotatable bonds is 10. The number of aryl methyl sites for hydroxylation is 2. The Labute approximate surface area is 248 Å². The molecule has 2 aliphatic heterocycles. The minimum atomic E-state index is -0.294. The average Bonchev–Trinajstić information content (AvgIpc) is 3.70. The van der Waals surface area contributed by atoms with Gasteiger partial charge in [0.15, 0.2) is 0 Å². The minimum Gasteiger partial charge on any atom is -0.383 e. The number of aromatic nitrogens is 5. The summed E-state index contributed by atoms with van der Waals surface area (Å²) in [5, 5.41) is 15.0. The Balaban J connectivity index is 1.12. The number of morpholine rings is 1. The quantitative estimate of drug-likeness (QED) is 0.286. The molecule has 2 amide bonds. The van der Waals surface area contributed by atoms with Crippen LogP contribution in [-0.4, -0.2) is 86.7 Å². The molecular formula is C29H36N8O4S. The number of carbonyl (C=O) groups is 2. The Morgan fingerprint density at radius 2 is 1.88 bits per heavy atom. The minimum absolute atomic E-state index is 0.0858. The number of anilines is 2. The summed E-state index contributed by atoms with van der Waals surface area (Å²) in [6.07, 6.45) is 8.31. The SMILES string of the molecule is COCCn1nc(C)c(-c2cn3ncc(C(=O)Nc4cc(NC(=O)CCN5CC6CCC(C5)O6)cnc4C)c3s2)c1C. The largest absolute Gasteiger partial charge is 0.383 e. The molecule has 13 heteroatoms. The van der Waals surface area contributed by atoms with Gasteiger partial charge in [0.1, 0.15) is 4.83 Å². The molecule has 0 radical (unpaired) electrons. The van der Waals surface area contributed by atoms with Gasteiger partial charge in [-0.15, -0.1) is 11.3 Å². The van der Waals surface area contributed by atoms with E-state index in [0.29, 0.717) is 61.0 Å². The summed E-state index contributed by atoms with van der Waals surface area (Å²) in [4.78, 5) is 34.5. The van der Waals surface area contributed by atoms with Gasteiger partial charge in [-0.25, -0.2) is 4.52 Å². The smallest absolute Gasteiger partial charge is 0.260 e. The Kier molecular flexibility index (Phi) is 8.08. The molecule has 6 rings (SSSR count). The van der Waals surface area contributed by atoms with Gasteiger partial charge in [-0.1, -0.05) is 0 Å². The Hall–Kier alpha value is -3.65. The van der Waals surface area contributed by atoms with Gasteiger partial charge in [-0.3, -0.25) is 24.2 Å². The Morgan fingerprint density at radius 3 is 2.64 bits per heavy atom. The van der Waals surface area contributed by atoms with Crippen molar-refractivity contribution in [3.63, 3.8) is 0 Å². The second kappa shape index (κ2) is 11.9. The number of fused-ring (bicyclic) bond motifs is 3. The van der Waals surface area contributed by atoms with Crippen molar-refractivity contribution in [3.05, 3.63) is 47.3 Å². The van der Waals surface area contributed by atoms with E-state index in [4.69, 9.17) is 9.47 Å². The summed E-state index contributed by atoms with van der Waals surface area (Å²) in [6.45, 7) is 9.54. The normalized spacial score (nSPS) is 18.6. The topological polar surface area (TPSA) is 128 Å². The number of nitrogens with zero attached hydrogens (tertiary/aromatic N) is 6. The van der Waals surface area contributed by atoms with Crippen LogP contribution in [0.3, 0.4) is 0 Å². The lowest BCUT2D eigenvalue weighted by molar-refractivity contribution is -0.117. The maximum Gasteiger partial charge on any atom is 0.260 e. The molecule has 0 aromatic carbocycles. The summed E-state index contributed by atoms with van der Waals surface area (Å²) in [7, 11) is 1.67. The maximum absolute atomic E-state index is 13.4. The van der Waals surface area contributed by atoms with Gasteiger partial charge >= 0.3 is 0 Å². The van der Waals surface area contributed by atoms with Crippen LogP contribution in [0.25, 0.3) is 15.3 Å². The van der Waals surface area contributed by atoms with Crippen LogP contribution in [0.15, 0.2) is 24.7 Å². The highest BCUT2D eigenvalue weighted by atomic mass is 32.1. The number of methoxy groups -OCH3 is 1. The second-order valence-corrected chi connectivity index (χ2v) is 12.0. The van der Waals surface area contributed by atoms with Gasteiger partial charge in [0.2, 0.25) is 5.91 Å². The Morgan fingerprint density at radius 1 is 1.10 bits per heavy atom. The number of hydrogen-bond donors (Lipinski definition) is 2. The number of pyridine rings is 1. The molecule has 2 fully saturated rings. The third-order valence-electron chi connectivity index (χ3n) is 7.97. The van der Waals surface area contributed by atoms with Crippen molar-refractivity contribution in [2.24, 2.45) is 0 Å². The van der Waals surface area contributed by atoms with E-state index < -0.39 is 0 Å². The Bertz CT molecular complexity index is 1610. The molecule has 4 aromatic heterocycles. The zero-order chi connectivity index (χ0) is 29.4. The third kappa shape index (κ3) is 5.82. The standard InChI is InChI=1S/C29H36N8O4S/c1-17-24(11-20(12-30-17)32-26(38)7-8-35-14-21-5-6-22(15-35)41-21)33-28(39)23-13-31-37-16-25(42-29(23)37)27-18(2)34-36(19(27)3)9-10-40-4/h11-13,16,21-22H,5-10,14-15H2,1-4H3,(H,32,38)(H,33,39). The fourth-order valence-corrected chi connectivity index (χ4v) is 7.00. The van der Waals surface area contributed by atoms with Crippen LogP contribution >= 0.6 is 11.3 Å². The molecular weight excluding hydrogens is 556 g/mol. The van der Waals surface area contributed by atoms with Crippen LogP contribution in [0.2, 0.25) is 0 Å². The summed E-state index contributed by atoms with van der Waals surface area (Å²) >= 11 is 1.50. The molecule has 2 atom stereocenters. The lowest BCUT2D eigenvalue weighted by atomic mass is 10.2. The summed E-state index contributed by atoms with van der Waals surface area (Å²) in [6, 6.07) is 1.74. The second-order valence-electron chi connectivity index (χ2n) is 11.0. The zero-order valence-corrected chi connectivity index (χ0v) is 25.2. The van der Waals surface area contributed by atoms with E-state index in [9.17, 15) is 9.59 Å². The van der Waals surface area contributed by atoms with Crippen LogP contribution in [0.4, 0.5) is 11.4 Å². The van der Waals surface area contributed by atoms with Crippen molar-refractivity contribution in [3.8, 4) is 10.4 Å². The fourth-order valence-electron chi connectivity index (χ4n) is 5.79. The molecule has 0 spiro atoms. The van der Waals surface area contributed by atoms with E-state index in [1.165, 1.54) is 11.3 Å². The molecule has 2 aliphatic rings. The van der Waals surface area contributed by atoms with Crippen molar-refractivity contribution >= 4 is 39.4 Å². The predicted octanol–water partition coefficient (Wildman–Crippen LogP) is 3.67. The van der Waals surface area contributed by atoms with E-state index in [1.54, 1.807) is 30.1 Å². The van der Waals surface area contributed by atoms with Gasteiger partial charge < -0.3 is 20.1 Å². The highest BCUT2D eigenvalue weighted by molar-refractivity contribution is 7.21. The van der Waals surface area contributed by atoms with Crippen molar-refractivity contribution in [1.82, 2.24) is 29.3 Å². The van der Waals surface area contributed by atoms with Crippen molar-refractivity contribution in [2.45, 2.75) is 58.8 Å². The molecule has 222 valence electrons. The van der Waals surface area contributed by atoms with Gasteiger partial charge in [-0.2, -0.15) is 10.2 Å². The van der Waals surface area contributed by atoms with Crippen LogP contribution in [0, 0.1) is 20.8 Å². The average molecular weight is 593 g/mol. The van der Waals surface area contributed by atoms with Crippen molar-refractivity contribution < 1.29 is 19.1 Å². The molecule has 0 saturated carbocycles. The molecule has 2 bridgehead atoms. The van der Waals surface area contributed by atoms with Gasteiger partial charge in [-0.05, 0) is 39.7 Å². The molecule has 0 aliphatic carbocycles. The van der Waals surface area contributed by atoms with E-state index in [1.807, 2.05) is 31.6 Å². The molecule has 4 aromatic rings. The molecule has 6 heterocycles. The van der Waals surface area contributed by atoms with Crippen LogP contribution < -0.4 is 10.6 Å². The number of ether oxygens (including phenoxy) is 2. The van der Waals surface area contributed by atoms with Crippen LogP contribution in [0.1, 0.15) is 46.7 Å². The highest BCUT2D eigenvalue weighted by Crippen LogP contribution is 2.35. The number of thiazole rings is 1. The molecule has 2 unspecified atom stereocenters. The predicted molar refractivity (Wildman–Crippen MR) is 160 cm³/mol. The molecule has 12 nitrogen and oxygen atoms in total. The number of hydrogen-bond acceptors (Lipinski definition) is 9. The van der Waals surface area contributed by atoms with Crippen LogP contribution in [0.5, 0.6) is 0 Å². The van der Waals surface area contributed by atoms with E-state index in [-0.39, 0.29) is 11.8 Å². The first-order chi connectivity index (χ1) is 20.3. The first kappa shape index (κ1) is 28.5. The van der Waals surface area contributed by atoms with E-state index in [2.05, 4.69) is 30.7 Å². The highest BCUT2D eigenvalue weighted by Gasteiger charge is 2.33. The zero-order valence-electron chi connectivity index (χ0n) is 24.3.